The third-order valence-electron chi connectivity index (χ3n) is 2.06. The summed E-state index contributed by atoms with van der Waals surface area (Å²) in [5, 5.41) is 9.45. The van der Waals surface area contributed by atoms with Crippen molar-refractivity contribution in [2.75, 3.05) is 6.54 Å². The summed E-state index contributed by atoms with van der Waals surface area (Å²) < 4.78 is 36.6. The Bertz CT molecular complexity index is 307. The van der Waals surface area contributed by atoms with Gasteiger partial charge in [-0.05, 0) is 30.7 Å². The highest BCUT2D eigenvalue weighted by molar-refractivity contribution is 5.25. The molecule has 0 radical (unpaired) electrons. The van der Waals surface area contributed by atoms with E-state index in [0.29, 0.717) is 18.5 Å². The van der Waals surface area contributed by atoms with Crippen LogP contribution in [-0.2, 0) is 6.18 Å². The van der Waals surface area contributed by atoms with Crippen molar-refractivity contribution < 1.29 is 18.3 Å². The molecule has 0 saturated heterocycles. The fourth-order valence-corrected chi connectivity index (χ4v) is 1.22. The minimum Gasteiger partial charge on any atom is -0.388 e. The predicted molar refractivity (Wildman–Crippen MR) is 50.1 cm³/mol. The molecule has 0 unspecified atom stereocenters. The number of hydrogen-bond donors (Lipinski definition) is 2. The molecule has 0 aromatic heterocycles. The highest BCUT2D eigenvalue weighted by atomic mass is 19.4. The largest absolute Gasteiger partial charge is 0.416 e. The first-order valence-corrected chi connectivity index (χ1v) is 4.50. The fourth-order valence-electron chi connectivity index (χ4n) is 1.22. The first-order chi connectivity index (χ1) is 6.95. The van der Waals surface area contributed by atoms with Gasteiger partial charge in [0.15, 0.2) is 0 Å². The Hall–Kier alpha value is -1.07. The molecule has 1 atom stereocenters. The van der Waals surface area contributed by atoms with Crippen LogP contribution >= 0.6 is 0 Å². The molecule has 0 heterocycles. The predicted octanol–water partition coefficient (Wildman–Crippen LogP) is 2.09. The van der Waals surface area contributed by atoms with E-state index in [2.05, 4.69) is 0 Å². The van der Waals surface area contributed by atoms with Crippen LogP contribution in [0.4, 0.5) is 13.2 Å². The van der Waals surface area contributed by atoms with E-state index in [1.165, 1.54) is 12.1 Å². The lowest BCUT2D eigenvalue weighted by atomic mass is 10.0. The number of alkyl halides is 3. The molecule has 15 heavy (non-hydrogen) atoms. The Morgan fingerprint density at radius 3 is 2.13 bits per heavy atom. The summed E-state index contributed by atoms with van der Waals surface area (Å²) in [4.78, 5) is 0. The zero-order chi connectivity index (χ0) is 11.5. The Balaban J connectivity index is 2.81. The van der Waals surface area contributed by atoms with E-state index >= 15 is 0 Å². The molecule has 0 spiro atoms. The maximum Gasteiger partial charge on any atom is 0.416 e. The Morgan fingerprint density at radius 1 is 1.20 bits per heavy atom. The lowest BCUT2D eigenvalue weighted by Crippen LogP contribution is -2.08. The molecule has 0 bridgehead atoms. The highest BCUT2D eigenvalue weighted by Crippen LogP contribution is 2.30. The van der Waals surface area contributed by atoms with E-state index in [1.54, 1.807) is 0 Å². The number of halogens is 3. The van der Waals surface area contributed by atoms with Gasteiger partial charge < -0.3 is 10.8 Å². The van der Waals surface area contributed by atoms with Crippen LogP contribution in [0.3, 0.4) is 0 Å². The summed E-state index contributed by atoms with van der Waals surface area (Å²) in [6, 6.07) is 4.44. The first-order valence-electron chi connectivity index (χ1n) is 4.50. The lowest BCUT2D eigenvalue weighted by Gasteiger charge is -2.11. The summed E-state index contributed by atoms with van der Waals surface area (Å²) in [5.41, 5.74) is 4.96. The molecule has 1 aromatic rings. The van der Waals surface area contributed by atoms with Gasteiger partial charge in [0.05, 0.1) is 11.7 Å². The number of rotatable bonds is 3. The third-order valence-corrected chi connectivity index (χ3v) is 2.06. The van der Waals surface area contributed by atoms with Crippen LogP contribution < -0.4 is 5.73 Å². The zero-order valence-electron chi connectivity index (χ0n) is 7.96. The number of aliphatic hydroxyl groups excluding tert-OH is 1. The summed E-state index contributed by atoms with van der Waals surface area (Å²) in [6.45, 7) is 0.294. The van der Waals surface area contributed by atoms with Crippen LogP contribution in [0.1, 0.15) is 23.7 Å². The second-order valence-electron chi connectivity index (χ2n) is 3.21. The minimum atomic E-state index is -4.34. The molecule has 84 valence electrons. The van der Waals surface area contributed by atoms with Crippen molar-refractivity contribution in [2.24, 2.45) is 5.73 Å². The van der Waals surface area contributed by atoms with Crippen LogP contribution in [0.2, 0.25) is 0 Å². The van der Waals surface area contributed by atoms with Crippen molar-refractivity contribution in [2.45, 2.75) is 18.7 Å². The van der Waals surface area contributed by atoms with Crippen molar-refractivity contribution in [3.63, 3.8) is 0 Å². The smallest absolute Gasteiger partial charge is 0.388 e. The van der Waals surface area contributed by atoms with Gasteiger partial charge in [-0.25, -0.2) is 0 Å². The quantitative estimate of drug-likeness (QED) is 0.817. The number of nitrogens with two attached hydrogens (primary N) is 1. The standard InChI is InChI=1S/C10H12F3NO/c11-10(12,13)8-3-1-7(2-4-8)9(15)5-6-14/h1-4,9,15H,5-6,14H2/t9-/m0/s1. The van der Waals surface area contributed by atoms with Crippen molar-refractivity contribution in [1.82, 2.24) is 0 Å². The maximum absolute atomic E-state index is 12.2. The average molecular weight is 219 g/mol. The van der Waals surface area contributed by atoms with E-state index in [4.69, 9.17) is 5.73 Å². The normalized spacial score (nSPS) is 13.9. The molecule has 5 heteroatoms. The molecule has 0 aliphatic carbocycles. The molecular formula is C10H12F3NO. The lowest BCUT2D eigenvalue weighted by molar-refractivity contribution is -0.137. The Morgan fingerprint density at radius 2 is 1.73 bits per heavy atom. The zero-order valence-corrected chi connectivity index (χ0v) is 7.96. The Labute approximate surface area is 85.5 Å². The van der Waals surface area contributed by atoms with E-state index in [-0.39, 0.29) is 0 Å². The van der Waals surface area contributed by atoms with Gasteiger partial charge in [-0.15, -0.1) is 0 Å². The van der Waals surface area contributed by atoms with Crippen molar-refractivity contribution in [3.05, 3.63) is 35.4 Å². The van der Waals surface area contributed by atoms with Crippen LogP contribution in [0, 0.1) is 0 Å². The second kappa shape index (κ2) is 4.63. The SMILES string of the molecule is NCC[C@H](O)c1ccc(C(F)(F)F)cc1. The van der Waals surface area contributed by atoms with Crippen LogP contribution in [0.25, 0.3) is 0 Å². The summed E-state index contributed by atoms with van der Waals surface area (Å²) in [5.74, 6) is 0. The molecule has 0 saturated carbocycles. The maximum atomic E-state index is 12.2. The van der Waals surface area contributed by atoms with Gasteiger partial charge in [-0.2, -0.15) is 13.2 Å². The summed E-state index contributed by atoms with van der Waals surface area (Å²) in [7, 11) is 0. The molecule has 0 aliphatic rings. The van der Waals surface area contributed by atoms with Gasteiger partial charge in [0, 0.05) is 0 Å². The first kappa shape index (κ1) is 12.0. The fraction of sp³-hybridized carbons (Fsp3) is 0.400. The second-order valence-corrected chi connectivity index (χ2v) is 3.21. The molecule has 1 rings (SSSR count). The van der Waals surface area contributed by atoms with E-state index in [1.807, 2.05) is 0 Å². The van der Waals surface area contributed by atoms with Gasteiger partial charge in [-0.1, -0.05) is 12.1 Å². The number of aliphatic hydroxyl groups is 1. The highest BCUT2D eigenvalue weighted by Gasteiger charge is 2.30. The Kier molecular flexibility index (Phi) is 3.71. The van der Waals surface area contributed by atoms with Crippen LogP contribution in [-0.4, -0.2) is 11.7 Å². The molecule has 2 nitrogen and oxygen atoms in total. The monoisotopic (exact) mass is 219 g/mol. The van der Waals surface area contributed by atoms with Gasteiger partial charge in [0.2, 0.25) is 0 Å². The van der Waals surface area contributed by atoms with E-state index in [9.17, 15) is 18.3 Å². The molecule has 0 amide bonds. The third kappa shape index (κ3) is 3.21. The van der Waals surface area contributed by atoms with E-state index < -0.39 is 17.8 Å². The number of hydrogen-bond acceptors (Lipinski definition) is 2. The summed E-state index contributed by atoms with van der Waals surface area (Å²) >= 11 is 0. The van der Waals surface area contributed by atoms with Crippen molar-refractivity contribution in [1.29, 1.82) is 0 Å². The molecular weight excluding hydrogens is 207 g/mol. The van der Waals surface area contributed by atoms with Crippen LogP contribution in [0.15, 0.2) is 24.3 Å². The number of benzene rings is 1. The van der Waals surface area contributed by atoms with Gasteiger partial charge >= 0.3 is 6.18 Å². The molecule has 0 aliphatic heterocycles. The van der Waals surface area contributed by atoms with Gasteiger partial charge in [0.1, 0.15) is 0 Å². The average Bonchev–Trinajstić information content (AvgIpc) is 2.17. The molecule has 0 fully saturated rings. The van der Waals surface area contributed by atoms with Crippen molar-refractivity contribution in [3.8, 4) is 0 Å². The van der Waals surface area contributed by atoms with Gasteiger partial charge in [-0.3, -0.25) is 0 Å². The molecule has 1 aromatic carbocycles. The van der Waals surface area contributed by atoms with E-state index in [0.717, 1.165) is 12.1 Å². The van der Waals surface area contributed by atoms with Gasteiger partial charge in [0.25, 0.3) is 0 Å². The van der Waals surface area contributed by atoms with Crippen molar-refractivity contribution >= 4 is 0 Å². The molecule has 3 N–H and O–H groups in total. The van der Waals surface area contributed by atoms with Crippen LogP contribution in [0.5, 0.6) is 0 Å². The minimum absolute atomic E-state index is 0.294. The topological polar surface area (TPSA) is 46.2 Å². The summed E-state index contributed by atoms with van der Waals surface area (Å²) in [6.07, 6.45) is -4.79.